The van der Waals surface area contributed by atoms with Crippen molar-refractivity contribution < 1.29 is 9.84 Å². The van der Waals surface area contributed by atoms with Gasteiger partial charge in [0.05, 0.1) is 25.9 Å². The number of morpholine rings is 1. The van der Waals surface area contributed by atoms with Crippen molar-refractivity contribution in [3.8, 4) is 0 Å². The van der Waals surface area contributed by atoms with Gasteiger partial charge in [-0.05, 0) is 31.7 Å². The highest BCUT2D eigenvalue weighted by Crippen LogP contribution is 2.27. The van der Waals surface area contributed by atoms with Gasteiger partial charge in [0.15, 0.2) is 0 Å². The van der Waals surface area contributed by atoms with Crippen LogP contribution in [0.1, 0.15) is 32.6 Å². The largest absolute Gasteiger partial charge is 0.395 e. The fourth-order valence-electron chi connectivity index (χ4n) is 3.25. The lowest BCUT2D eigenvalue weighted by Crippen LogP contribution is -2.51. The first kappa shape index (κ1) is 14.3. The molecule has 0 aromatic carbocycles. The first-order valence-electron chi connectivity index (χ1n) is 7.51. The van der Waals surface area contributed by atoms with Crippen LogP contribution in [0.3, 0.4) is 0 Å². The second-order valence-corrected chi connectivity index (χ2v) is 5.66. The van der Waals surface area contributed by atoms with Gasteiger partial charge in [-0.1, -0.05) is 13.3 Å². The van der Waals surface area contributed by atoms with Crippen LogP contribution in [0.4, 0.5) is 0 Å². The van der Waals surface area contributed by atoms with E-state index in [1.54, 1.807) is 0 Å². The maximum atomic E-state index is 9.41. The molecular weight excluding hydrogens is 228 g/mol. The summed E-state index contributed by atoms with van der Waals surface area (Å²) in [6, 6.07) is 0.901. The number of nitrogens with zero attached hydrogens (tertiary/aromatic N) is 1. The van der Waals surface area contributed by atoms with Crippen LogP contribution in [0.2, 0.25) is 0 Å². The Morgan fingerprint density at radius 1 is 1.39 bits per heavy atom. The predicted molar refractivity (Wildman–Crippen MR) is 72.7 cm³/mol. The normalized spacial score (nSPS) is 34.0. The van der Waals surface area contributed by atoms with E-state index in [2.05, 4.69) is 17.1 Å². The van der Waals surface area contributed by atoms with Gasteiger partial charge in [-0.25, -0.2) is 0 Å². The minimum atomic E-state index is 0.214. The monoisotopic (exact) mass is 256 g/mol. The Hall–Kier alpha value is -0.160. The second-order valence-electron chi connectivity index (χ2n) is 5.66. The van der Waals surface area contributed by atoms with Crippen molar-refractivity contribution in [1.82, 2.24) is 10.2 Å². The van der Waals surface area contributed by atoms with Gasteiger partial charge in [-0.15, -0.1) is 0 Å². The summed E-state index contributed by atoms with van der Waals surface area (Å²) >= 11 is 0. The Balaban J connectivity index is 1.82. The van der Waals surface area contributed by atoms with Crippen molar-refractivity contribution in [2.75, 3.05) is 39.5 Å². The zero-order chi connectivity index (χ0) is 12.8. The molecule has 0 bridgehead atoms. The molecule has 2 N–H and O–H groups in total. The fraction of sp³-hybridized carbons (Fsp3) is 1.00. The van der Waals surface area contributed by atoms with Crippen molar-refractivity contribution >= 4 is 0 Å². The standard InChI is InChI=1S/C14H28N2O2/c1-2-6-15-14-5-3-4-12(14)9-16-7-8-18-11-13(16)10-17/h12-15,17H,2-11H2,1H3. The van der Waals surface area contributed by atoms with Crippen LogP contribution in [0, 0.1) is 5.92 Å². The van der Waals surface area contributed by atoms with E-state index in [4.69, 9.17) is 4.74 Å². The SMILES string of the molecule is CCCNC1CCCC1CN1CCOCC1CO. The Morgan fingerprint density at radius 2 is 2.28 bits per heavy atom. The number of aliphatic hydroxyl groups excluding tert-OH is 1. The van der Waals surface area contributed by atoms with Crippen molar-refractivity contribution in [2.24, 2.45) is 5.92 Å². The summed E-state index contributed by atoms with van der Waals surface area (Å²) in [6.07, 6.45) is 5.20. The van der Waals surface area contributed by atoms with Gasteiger partial charge in [0.2, 0.25) is 0 Å². The first-order valence-corrected chi connectivity index (χ1v) is 7.51. The molecule has 1 heterocycles. The molecule has 3 atom stereocenters. The smallest absolute Gasteiger partial charge is 0.0644 e. The summed E-state index contributed by atoms with van der Waals surface area (Å²) in [4.78, 5) is 2.43. The molecule has 106 valence electrons. The number of aliphatic hydroxyl groups is 1. The van der Waals surface area contributed by atoms with E-state index in [1.165, 1.54) is 25.7 Å². The lowest BCUT2D eigenvalue weighted by atomic mass is 10.0. The number of hydrogen-bond donors (Lipinski definition) is 2. The molecule has 0 spiro atoms. The third-order valence-corrected chi connectivity index (χ3v) is 4.34. The highest BCUT2D eigenvalue weighted by atomic mass is 16.5. The van der Waals surface area contributed by atoms with E-state index in [-0.39, 0.29) is 12.6 Å². The molecule has 3 unspecified atom stereocenters. The van der Waals surface area contributed by atoms with Gasteiger partial charge in [-0.3, -0.25) is 4.90 Å². The van der Waals surface area contributed by atoms with Crippen LogP contribution in [-0.2, 0) is 4.74 Å². The zero-order valence-corrected chi connectivity index (χ0v) is 11.6. The topological polar surface area (TPSA) is 44.7 Å². The lowest BCUT2D eigenvalue weighted by molar-refractivity contribution is -0.0344. The molecule has 1 aliphatic heterocycles. The van der Waals surface area contributed by atoms with E-state index in [1.807, 2.05) is 0 Å². The fourth-order valence-corrected chi connectivity index (χ4v) is 3.25. The summed E-state index contributed by atoms with van der Waals surface area (Å²) in [5.74, 6) is 0.753. The highest BCUT2D eigenvalue weighted by molar-refractivity contribution is 4.87. The van der Waals surface area contributed by atoms with Gasteiger partial charge in [0.1, 0.15) is 0 Å². The van der Waals surface area contributed by atoms with Crippen molar-refractivity contribution in [3.63, 3.8) is 0 Å². The molecule has 1 aliphatic carbocycles. The molecule has 0 aromatic rings. The van der Waals surface area contributed by atoms with Crippen molar-refractivity contribution in [1.29, 1.82) is 0 Å². The molecule has 2 rings (SSSR count). The molecule has 0 aromatic heterocycles. The maximum Gasteiger partial charge on any atom is 0.0644 e. The van der Waals surface area contributed by atoms with Crippen LogP contribution in [0.25, 0.3) is 0 Å². The molecule has 0 amide bonds. The van der Waals surface area contributed by atoms with Crippen molar-refractivity contribution in [2.45, 2.75) is 44.7 Å². The number of rotatable bonds is 6. The van der Waals surface area contributed by atoms with Crippen molar-refractivity contribution in [3.05, 3.63) is 0 Å². The van der Waals surface area contributed by atoms with Crippen LogP contribution >= 0.6 is 0 Å². The predicted octanol–water partition coefficient (Wildman–Crippen LogP) is 0.848. The zero-order valence-electron chi connectivity index (χ0n) is 11.6. The molecule has 2 fully saturated rings. The Kier molecular flexibility index (Phi) is 5.89. The lowest BCUT2D eigenvalue weighted by Gasteiger charge is -2.37. The van der Waals surface area contributed by atoms with Gasteiger partial charge in [0.25, 0.3) is 0 Å². The molecule has 18 heavy (non-hydrogen) atoms. The van der Waals surface area contributed by atoms with Gasteiger partial charge < -0.3 is 15.2 Å². The Bertz CT molecular complexity index is 238. The number of hydrogen-bond acceptors (Lipinski definition) is 4. The molecule has 0 radical (unpaired) electrons. The van der Waals surface area contributed by atoms with E-state index in [9.17, 15) is 5.11 Å². The third kappa shape index (κ3) is 3.67. The van der Waals surface area contributed by atoms with Gasteiger partial charge in [-0.2, -0.15) is 0 Å². The molecule has 4 nitrogen and oxygen atoms in total. The summed E-state index contributed by atoms with van der Waals surface area (Å²) in [5.41, 5.74) is 0. The van der Waals surface area contributed by atoms with E-state index in [0.29, 0.717) is 12.6 Å². The Morgan fingerprint density at radius 3 is 3.06 bits per heavy atom. The second kappa shape index (κ2) is 7.43. The molecule has 1 saturated heterocycles. The summed E-state index contributed by atoms with van der Waals surface area (Å²) in [5, 5.41) is 13.1. The van der Waals surface area contributed by atoms with Crippen LogP contribution < -0.4 is 5.32 Å². The Labute approximate surface area is 111 Å². The quantitative estimate of drug-likeness (QED) is 0.739. The van der Waals surface area contributed by atoms with E-state index < -0.39 is 0 Å². The minimum Gasteiger partial charge on any atom is -0.395 e. The summed E-state index contributed by atoms with van der Waals surface area (Å²) < 4.78 is 5.44. The third-order valence-electron chi connectivity index (χ3n) is 4.34. The maximum absolute atomic E-state index is 9.41. The molecule has 1 saturated carbocycles. The average molecular weight is 256 g/mol. The first-order chi connectivity index (χ1) is 8.85. The summed E-state index contributed by atoms with van der Waals surface area (Å²) in [6.45, 7) is 7.18. The van der Waals surface area contributed by atoms with E-state index >= 15 is 0 Å². The summed E-state index contributed by atoms with van der Waals surface area (Å²) in [7, 11) is 0. The minimum absolute atomic E-state index is 0.214. The van der Waals surface area contributed by atoms with Gasteiger partial charge >= 0.3 is 0 Å². The molecule has 2 aliphatic rings. The van der Waals surface area contributed by atoms with Crippen LogP contribution in [0.15, 0.2) is 0 Å². The number of ether oxygens (including phenoxy) is 1. The molecule has 4 heteroatoms. The van der Waals surface area contributed by atoms with E-state index in [0.717, 1.165) is 32.2 Å². The highest BCUT2D eigenvalue weighted by Gasteiger charge is 2.31. The number of nitrogens with one attached hydrogen (secondary N) is 1. The van der Waals surface area contributed by atoms with Crippen LogP contribution in [0.5, 0.6) is 0 Å². The molecular formula is C14H28N2O2. The van der Waals surface area contributed by atoms with Crippen LogP contribution in [-0.4, -0.2) is 61.5 Å². The van der Waals surface area contributed by atoms with Gasteiger partial charge in [0, 0.05) is 19.1 Å². The average Bonchev–Trinajstić information content (AvgIpc) is 2.84.